The van der Waals surface area contributed by atoms with Gasteiger partial charge in [0.15, 0.2) is 5.60 Å². The van der Waals surface area contributed by atoms with Crippen molar-refractivity contribution in [2.45, 2.75) is 33.3 Å². The van der Waals surface area contributed by atoms with E-state index in [0.717, 1.165) is 11.1 Å². The second kappa shape index (κ2) is 9.30. The molecule has 0 fully saturated rings. The molecule has 0 saturated heterocycles. The molecule has 6 heteroatoms. The van der Waals surface area contributed by atoms with E-state index in [-0.39, 0.29) is 11.1 Å². The number of benzene rings is 3. The molecular formula is C30H26O6. The number of hydrogen-bond donors (Lipinski definition) is 0. The van der Waals surface area contributed by atoms with Crippen molar-refractivity contribution in [3.8, 4) is 11.5 Å². The second-order valence-electron chi connectivity index (χ2n) is 8.92. The monoisotopic (exact) mass is 482 g/mol. The van der Waals surface area contributed by atoms with Gasteiger partial charge in [-0.15, -0.1) is 0 Å². The molecule has 0 amide bonds. The first-order valence-corrected chi connectivity index (χ1v) is 11.3. The van der Waals surface area contributed by atoms with Crippen LogP contribution in [-0.4, -0.2) is 17.9 Å². The Balaban J connectivity index is 1.96. The summed E-state index contributed by atoms with van der Waals surface area (Å²) >= 11 is 0. The first-order valence-electron chi connectivity index (χ1n) is 11.3. The summed E-state index contributed by atoms with van der Waals surface area (Å²) in [7, 11) is 0. The zero-order valence-electron chi connectivity index (χ0n) is 20.6. The number of esters is 3. The Kier molecular flexibility index (Phi) is 6.37. The molecule has 0 aliphatic carbocycles. The maximum Gasteiger partial charge on any atom is 0.340 e. The molecule has 0 saturated carbocycles. The summed E-state index contributed by atoms with van der Waals surface area (Å²) < 4.78 is 17.3. The van der Waals surface area contributed by atoms with Crippen LogP contribution in [0.25, 0.3) is 0 Å². The third kappa shape index (κ3) is 4.22. The topological polar surface area (TPSA) is 78.9 Å². The standard InChI is InChI=1S/C30H26O6/c1-17(2)27(31)34-25-15-21(13-11-19(25)5)30(24-10-8-7-9-23(24)29(33)36-30)22-14-12-20(6)26(16-22)35-28(32)18(3)4/h7-16H,1,3H2,2,4-6H3. The molecule has 3 aromatic rings. The van der Waals surface area contributed by atoms with Gasteiger partial charge in [-0.1, -0.05) is 55.6 Å². The Bertz CT molecular complexity index is 1370. The predicted molar refractivity (Wildman–Crippen MR) is 135 cm³/mol. The molecule has 6 nitrogen and oxygen atoms in total. The van der Waals surface area contributed by atoms with E-state index in [2.05, 4.69) is 13.2 Å². The number of aryl methyl sites for hydroxylation is 2. The summed E-state index contributed by atoms with van der Waals surface area (Å²) in [6.45, 7) is 14.0. The van der Waals surface area contributed by atoms with Gasteiger partial charge in [0, 0.05) is 27.8 Å². The van der Waals surface area contributed by atoms with Crippen molar-refractivity contribution in [2.75, 3.05) is 0 Å². The number of fused-ring (bicyclic) bond motifs is 1. The van der Waals surface area contributed by atoms with Crippen molar-refractivity contribution >= 4 is 17.9 Å². The van der Waals surface area contributed by atoms with E-state index >= 15 is 0 Å². The van der Waals surface area contributed by atoms with Gasteiger partial charge in [0.05, 0.1) is 5.56 Å². The van der Waals surface area contributed by atoms with Gasteiger partial charge in [0.2, 0.25) is 0 Å². The molecule has 0 aromatic heterocycles. The molecule has 0 unspecified atom stereocenters. The number of carbonyl (C=O) groups excluding carboxylic acids is 3. The fraction of sp³-hybridized carbons (Fsp3) is 0.167. The van der Waals surface area contributed by atoms with E-state index in [1.54, 1.807) is 50.2 Å². The third-order valence-corrected chi connectivity index (χ3v) is 6.06. The average molecular weight is 483 g/mol. The van der Waals surface area contributed by atoms with Crippen LogP contribution in [0.4, 0.5) is 0 Å². The molecule has 3 aromatic carbocycles. The average Bonchev–Trinajstić information content (AvgIpc) is 3.15. The van der Waals surface area contributed by atoms with Crippen molar-refractivity contribution in [1.82, 2.24) is 0 Å². The third-order valence-electron chi connectivity index (χ3n) is 6.06. The summed E-state index contributed by atoms with van der Waals surface area (Å²) in [5.41, 5.74) is 2.76. The minimum atomic E-state index is -1.37. The molecule has 1 aliphatic heterocycles. The first-order chi connectivity index (χ1) is 17.0. The Morgan fingerprint density at radius 2 is 1.25 bits per heavy atom. The molecule has 0 atom stereocenters. The Hall–Kier alpha value is -4.45. The van der Waals surface area contributed by atoms with E-state index in [1.165, 1.54) is 0 Å². The van der Waals surface area contributed by atoms with Crippen molar-refractivity contribution < 1.29 is 28.6 Å². The lowest BCUT2D eigenvalue weighted by molar-refractivity contribution is -0.131. The molecule has 1 aliphatic rings. The van der Waals surface area contributed by atoms with Crippen LogP contribution in [0.1, 0.15) is 52.0 Å². The zero-order chi connectivity index (χ0) is 26.2. The Morgan fingerprint density at radius 3 is 1.72 bits per heavy atom. The highest BCUT2D eigenvalue weighted by Crippen LogP contribution is 2.48. The van der Waals surface area contributed by atoms with E-state index in [1.807, 2.05) is 38.1 Å². The highest BCUT2D eigenvalue weighted by molar-refractivity contribution is 5.96. The van der Waals surface area contributed by atoms with E-state index < -0.39 is 23.5 Å². The Labute approximate surface area is 209 Å². The van der Waals surface area contributed by atoms with Crippen molar-refractivity contribution in [1.29, 1.82) is 0 Å². The van der Waals surface area contributed by atoms with Crippen LogP contribution in [-0.2, 0) is 19.9 Å². The van der Waals surface area contributed by atoms with Crippen LogP contribution in [0.3, 0.4) is 0 Å². The molecule has 4 rings (SSSR count). The van der Waals surface area contributed by atoms with Gasteiger partial charge in [0.25, 0.3) is 0 Å². The van der Waals surface area contributed by atoms with Crippen molar-refractivity contribution in [2.24, 2.45) is 0 Å². The van der Waals surface area contributed by atoms with Crippen LogP contribution in [0.5, 0.6) is 11.5 Å². The highest BCUT2D eigenvalue weighted by Gasteiger charge is 2.49. The van der Waals surface area contributed by atoms with Crippen LogP contribution in [0, 0.1) is 13.8 Å². The van der Waals surface area contributed by atoms with Crippen molar-refractivity contribution in [3.63, 3.8) is 0 Å². The zero-order valence-corrected chi connectivity index (χ0v) is 20.6. The maximum absolute atomic E-state index is 13.0. The van der Waals surface area contributed by atoms with E-state index in [9.17, 15) is 14.4 Å². The SMILES string of the molecule is C=C(C)C(=O)Oc1cc(C2(c3ccc(C)c(OC(=O)C(=C)C)c3)OC(=O)c3ccccc32)ccc1C. The molecule has 1 heterocycles. The number of carbonyl (C=O) groups is 3. The van der Waals surface area contributed by atoms with Gasteiger partial charge in [-0.05, 0) is 57.0 Å². The van der Waals surface area contributed by atoms with Gasteiger partial charge in [-0.2, -0.15) is 0 Å². The molecular weight excluding hydrogens is 456 g/mol. The minimum absolute atomic E-state index is 0.259. The summed E-state index contributed by atoms with van der Waals surface area (Å²) in [4.78, 5) is 37.6. The van der Waals surface area contributed by atoms with Crippen LogP contribution >= 0.6 is 0 Å². The van der Waals surface area contributed by atoms with Gasteiger partial charge in [-0.3, -0.25) is 0 Å². The van der Waals surface area contributed by atoms with Gasteiger partial charge >= 0.3 is 17.9 Å². The van der Waals surface area contributed by atoms with E-state index in [0.29, 0.717) is 33.8 Å². The lowest BCUT2D eigenvalue weighted by atomic mass is 9.79. The fourth-order valence-corrected chi connectivity index (χ4v) is 4.04. The largest absolute Gasteiger partial charge is 0.441 e. The lowest BCUT2D eigenvalue weighted by Crippen LogP contribution is -2.30. The number of rotatable bonds is 6. The molecule has 0 radical (unpaired) electrons. The molecule has 36 heavy (non-hydrogen) atoms. The molecule has 182 valence electrons. The Morgan fingerprint density at radius 1 is 0.778 bits per heavy atom. The van der Waals surface area contributed by atoms with Gasteiger partial charge < -0.3 is 14.2 Å². The van der Waals surface area contributed by atoms with Crippen LogP contribution < -0.4 is 9.47 Å². The number of ether oxygens (including phenoxy) is 3. The van der Waals surface area contributed by atoms with E-state index in [4.69, 9.17) is 14.2 Å². The second-order valence-corrected chi connectivity index (χ2v) is 8.92. The van der Waals surface area contributed by atoms with Crippen LogP contribution in [0.15, 0.2) is 85.0 Å². The summed E-state index contributed by atoms with van der Waals surface area (Å²) in [5.74, 6) is -0.967. The normalized spacial score (nSPS) is 13.4. The minimum Gasteiger partial charge on any atom is -0.441 e. The van der Waals surface area contributed by atoms with Gasteiger partial charge in [-0.25, -0.2) is 14.4 Å². The quantitative estimate of drug-likeness (QED) is 0.254. The molecule has 0 N–H and O–H groups in total. The van der Waals surface area contributed by atoms with Gasteiger partial charge in [0.1, 0.15) is 11.5 Å². The van der Waals surface area contributed by atoms with Crippen LogP contribution in [0.2, 0.25) is 0 Å². The highest BCUT2D eigenvalue weighted by atomic mass is 16.6. The summed E-state index contributed by atoms with van der Waals surface area (Å²) in [6, 6.07) is 17.7. The predicted octanol–water partition coefficient (Wildman–Crippen LogP) is 5.73. The van der Waals surface area contributed by atoms with Crippen molar-refractivity contribution in [3.05, 3.63) is 118 Å². The fourth-order valence-electron chi connectivity index (χ4n) is 4.04. The lowest BCUT2D eigenvalue weighted by Gasteiger charge is -2.31. The summed E-state index contributed by atoms with van der Waals surface area (Å²) in [5, 5.41) is 0. The smallest absolute Gasteiger partial charge is 0.340 e. The first kappa shape index (κ1) is 24.7. The number of cyclic esters (lactones) is 1. The maximum atomic E-state index is 13.0. The summed E-state index contributed by atoms with van der Waals surface area (Å²) in [6.07, 6.45) is 0. The number of hydrogen-bond acceptors (Lipinski definition) is 6. The molecule has 0 bridgehead atoms. The molecule has 0 spiro atoms.